The van der Waals surface area contributed by atoms with Crippen LogP contribution in [0.1, 0.15) is 56.2 Å². The zero-order valence-electron chi connectivity index (χ0n) is 16.4. The first-order valence-electron chi connectivity index (χ1n) is 9.14. The summed E-state index contributed by atoms with van der Waals surface area (Å²) in [5.74, 6) is 2.12. The maximum absolute atomic E-state index is 5.57. The first-order chi connectivity index (χ1) is 12.0. The van der Waals surface area contributed by atoms with E-state index >= 15 is 0 Å². The molecule has 0 atom stereocenters. The van der Waals surface area contributed by atoms with Gasteiger partial charge in [0.1, 0.15) is 12.4 Å². The van der Waals surface area contributed by atoms with Crippen LogP contribution in [0.4, 0.5) is 0 Å². The van der Waals surface area contributed by atoms with E-state index in [1.807, 2.05) is 19.2 Å². The molecule has 0 aliphatic carbocycles. The van der Waals surface area contributed by atoms with Crippen LogP contribution in [0.15, 0.2) is 48.5 Å². The van der Waals surface area contributed by atoms with Crippen LogP contribution in [0.2, 0.25) is 0 Å². The molecule has 0 radical (unpaired) electrons. The molecule has 2 aromatic carbocycles. The summed E-state index contributed by atoms with van der Waals surface area (Å²) < 4.78 is 5.57. The normalized spacial score (nSPS) is 10.6. The maximum atomic E-state index is 5.57. The number of hydrogen-bond donors (Lipinski definition) is 2. The molecule has 0 fully saturated rings. The fourth-order valence-corrected chi connectivity index (χ4v) is 2.31. The van der Waals surface area contributed by atoms with Gasteiger partial charge in [-0.1, -0.05) is 64.1 Å². The van der Waals surface area contributed by atoms with Crippen molar-refractivity contribution in [1.29, 1.82) is 0 Å². The number of nitrogens with one attached hydrogen (secondary N) is 1. The molecule has 25 heavy (non-hydrogen) atoms. The third kappa shape index (κ3) is 8.19. The number of rotatable bonds is 7. The molecule has 0 saturated carbocycles. The van der Waals surface area contributed by atoms with Crippen LogP contribution in [0.5, 0.6) is 5.75 Å². The molecule has 3 nitrogen and oxygen atoms in total. The minimum absolute atomic E-state index is 0.558. The number of likely N-dealkylation sites (N-methyl/N-ethyl adjacent to an activating group) is 1. The summed E-state index contributed by atoms with van der Waals surface area (Å²) in [6.45, 7) is 11.0. The summed E-state index contributed by atoms with van der Waals surface area (Å²) in [7, 11) is 1.92. The molecule has 0 bridgehead atoms. The van der Waals surface area contributed by atoms with Crippen LogP contribution in [0.25, 0.3) is 0 Å². The number of hydrogen-bond acceptors (Lipinski definition) is 3. The standard InChI is InChI=1S/C12H19NO.C10H15N/c1-10(2)11-5-4-6-12(9-11)14-8-7-13-3;1-8(2)10-5-3-4-9(6-10)7-11/h4-6,9-10,13H,7-8H2,1-3H3;3-6,8H,7,11H2,1-2H3. The van der Waals surface area contributed by atoms with Crippen molar-refractivity contribution in [2.45, 2.75) is 46.1 Å². The van der Waals surface area contributed by atoms with Gasteiger partial charge in [-0.15, -0.1) is 0 Å². The first kappa shape index (κ1) is 21.2. The maximum Gasteiger partial charge on any atom is 0.119 e. The second-order valence-electron chi connectivity index (χ2n) is 6.78. The van der Waals surface area contributed by atoms with Gasteiger partial charge in [0, 0.05) is 13.1 Å². The molecule has 3 N–H and O–H groups in total. The molecule has 0 unspecified atom stereocenters. The molecule has 0 saturated heterocycles. The Kier molecular flexibility index (Phi) is 9.90. The topological polar surface area (TPSA) is 47.3 Å². The van der Waals surface area contributed by atoms with E-state index in [-0.39, 0.29) is 0 Å². The van der Waals surface area contributed by atoms with Gasteiger partial charge in [0.25, 0.3) is 0 Å². The summed E-state index contributed by atoms with van der Waals surface area (Å²) in [4.78, 5) is 0. The van der Waals surface area contributed by atoms with Crippen molar-refractivity contribution in [3.63, 3.8) is 0 Å². The first-order valence-corrected chi connectivity index (χ1v) is 9.14. The lowest BCUT2D eigenvalue weighted by Gasteiger charge is -2.09. The van der Waals surface area contributed by atoms with E-state index in [1.54, 1.807) is 0 Å². The van der Waals surface area contributed by atoms with E-state index in [0.717, 1.165) is 18.9 Å². The van der Waals surface area contributed by atoms with Crippen LogP contribution in [-0.4, -0.2) is 20.2 Å². The molecule has 2 aromatic rings. The van der Waals surface area contributed by atoms with Crippen molar-refractivity contribution in [2.75, 3.05) is 20.2 Å². The van der Waals surface area contributed by atoms with Gasteiger partial charge in [0.2, 0.25) is 0 Å². The second-order valence-corrected chi connectivity index (χ2v) is 6.78. The molecular formula is C22H34N2O. The summed E-state index contributed by atoms with van der Waals surface area (Å²) in [5.41, 5.74) is 9.43. The highest BCUT2D eigenvalue weighted by Crippen LogP contribution is 2.19. The quantitative estimate of drug-likeness (QED) is 0.718. The minimum atomic E-state index is 0.558. The lowest BCUT2D eigenvalue weighted by atomic mass is 10.0. The molecule has 0 aliphatic heterocycles. The molecule has 0 heterocycles. The molecule has 2 rings (SSSR count). The van der Waals surface area contributed by atoms with Gasteiger partial charge in [-0.2, -0.15) is 0 Å². The van der Waals surface area contributed by atoms with E-state index in [1.165, 1.54) is 16.7 Å². The third-order valence-electron chi connectivity index (χ3n) is 4.00. The van der Waals surface area contributed by atoms with Crippen molar-refractivity contribution in [3.8, 4) is 5.75 Å². The van der Waals surface area contributed by atoms with E-state index in [4.69, 9.17) is 10.5 Å². The van der Waals surface area contributed by atoms with Crippen molar-refractivity contribution >= 4 is 0 Å². The smallest absolute Gasteiger partial charge is 0.119 e. The summed E-state index contributed by atoms with van der Waals surface area (Å²) in [5, 5.41) is 3.05. The highest BCUT2D eigenvalue weighted by molar-refractivity contribution is 5.30. The largest absolute Gasteiger partial charge is 0.492 e. The number of benzene rings is 2. The van der Waals surface area contributed by atoms with Crippen LogP contribution >= 0.6 is 0 Å². The zero-order chi connectivity index (χ0) is 18.7. The lowest BCUT2D eigenvalue weighted by Crippen LogP contribution is -2.15. The Morgan fingerprint density at radius 2 is 1.52 bits per heavy atom. The SMILES string of the molecule is CC(C)c1cccc(CN)c1.CNCCOc1cccc(C(C)C)c1. The summed E-state index contributed by atoms with van der Waals surface area (Å²) in [6, 6.07) is 16.7. The van der Waals surface area contributed by atoms with Crippen molar-refractivity contribution in [2.24, 2.45) is 5.73 Å². The minimum Gasteiger partial charge on any atom is -0.492 e. The Balaban J connectivity index is 0.000000257. The highest BCUT2D eigenvalue weighted by atomic mass is 16.5. The molecular weight excluding hydrogens is 308 g/mol. The predicted molar refractivity (Wildman–Crippen MR) is 108 cm³/mol. The Labute approximate surface area is 153 Å². The van der Waals surface area contributed by atoms with Crippen molar-refractivity contribution in [3.05, 3.63) is 65.2 Å². The zero-order valence-corrected chi connectivity index (χ0v) is 16.4. The molecule has 138 valence electrons. The van der Waals surface area contributed by atoms with Crippen LogP contribution < -0.4 is 15.8 Å². The monoisotopic (exact) mass is 342 g/mol. The predicted octanol–water partition coefficient (Wildman–Crippen LogP) is 4.68. The van der Waals surface area contributed by atoms with E-state index in [2.05, 4.69) is 69.4 Å². The summed E-state index contributed by atoms with van der Waals surface area (Å²) >= 11 is 0. The van der Waals surface area contributed by atoms with E-state index in [0.29, 0.717) is 18.4 Å². The Bertz CT molecular complexity index is 608. The Hall–Kier alpha value is -1.84. The number of ether oxygens (including phenoxy) is 1. The average Bonchev–Trinajstić information content (AvgIpc) is 2.63. The fourth-order valence-electron chi connectivity index (χ4n) is 2.31. The van der Waals surface area contributed by atoms with Crippen LogP contribution in [0.3, 0.4) is 0 Å². The van der Waals surface area contributed by atoms with Gasteiger partial charge in [-0.05, 0) is 47.7 Å². The molecule has 0 spiro atoms. The van der Waals surface area contributed by atoms with Gasteiger partial charge >= 0.3 is 0 Å². The van der Waals surface area contributed by atoms with Gasteiger partial charge < -0.3 is 15.8 Å². The second kappa shape index (κ2) is 11.7. The molecule has 0 amide bonds. The third-order valence-corrected chi connectivity index (χ3v) is 4.00. The van der Waals surface area contributed by atoms with Gasteiger partial charge in [-0.3, -0.25) is 0 Å². The van der Waals surface area contributed by atoms with E-state index < -0.39 is 0 Å². The summed E-state index contributed by atoms with van der Waals surface area (Å²) in [6.07, 6.45) is 0. The molecule has 3 heteroatoms. The Morgan fingerprint density at radius 3 is 2.08 bits per heavy atom. The van der Waals surface area contributed by atoms with Gasteiger partial charge in [-0.25, -0.2) is 0 Å². The number of nitrogens with two attached hydrogens (primary N) is 1. The fraction of sp³-hybridized carbons (Fsp3) is 0.455. The van der Waals surface area contributed by atoms with Crippen LogP contribution in [-0.2, 0) is 6.54 Å². The lowest BCUT2D eigenvalue weighted by molar-refractivity contribution is 0.318. The van der Waals surface area contributed by atoms with Gasteiger partial charge in [0.05, 0.1) is 0 Å². The highest BCUT2D eigenvalue weighted by Gasteiger charge is 2.00. The molecule has 0 aliphatic rings. The molecule has 0 aromatic heterocycles. The van der Waals surface area contributed by atoms with Crippen molar-refractivity contribution in [1.82, 2.24) is 5.32 Å². The van der Waals surface area contributed by atoms with Crippen molar-refractivity contribution < 1.29 is 4.74 Å². The van der Waals surface area contributed by atoms with Gasteiger partial charge in [0.15, 0.2) is 0 Å². The van der Waals surface area contributed by atoms with E-state index in [9.17, 15) is 0 Å². The average molecular weight is 343 g/mol. The van der Waals surface area contributed by atoms with Crippen LogP contribution in [0, 0.1) is 0 Å². The Morgan fingerprint density at radius 1 is 0.920 bits per heavy atom.